The predicted molar refractivity (Wildman–Crippen MR) is 104 cm³/mol. The van der Waals surface area contributed by atoms with Crippen molar-refractivity contribution in [3.8, 4) is 11.3 Å². The standard InChI is InChI=1S/C20H26FN5O/c1-22-20(27)14-26-11-9-15(10-12-26)13-25(2)19-8-7-18(23-24-19)16-3-5-17(21)6-4-16/h3-8,15H,9-14H2,1-2H3,(H,22,27). The van der Waals surface area contributed by atoms with Crippen molar-refractivity contribution in [2.75, 3.05) is 45.2 Å². The van der Waals surface area contributed by atoms with E-state index in [1.807, 2.05) is 19.2 Å². The number of benzene rings is 1. The molecule has 0 bridgehead atoms. The monoisotopic (exact) mass is 371 g/mol. The van der Waals surface area contributed by atoms with Gasteiger partial charge in [-0.1, -0.05) is 0 Å². The van der Waals surface area contributed by atoms with E-state index in [1.165, 1.54) is 12.1 Å². The Morgan fingerprint density at radius 1 is 1.19 bits per heavy atom. The Morgan fingerprint density at radius 3 is 2.48 bits per heavy atom. The highest BCUT2D eigenvalue weighted by Crippen LogP contribution is 2.22. The molecule has 1 saturated heterocycles. The summed E-state index contributed by atoms with van der Waals surface area (Å²) in [5, 5.41) is 11.3. The number of piperidine rings is 1. The minimum Gasteiger partial charge on any atom is -0.358 e. The van der Waals surface area contributed by atoms with Crippen LogP contribution in [-0.2, 0) is 4.79 Å². The van der Waals surface area contributed by atoms with Gasteiger partial charge >= 0.3 is 0 Å². The fourth-order valence-corrected chi connectivity index (χ4v) is 3.39. The van der Waals surface area contributed by atoms with Crippen LogP contribution in [0, 0.1) is 11.7 Å². The molecule has 0 saturated carbocycles. The van der Waals surface area contributed by atoms with Gasteiger partial charge in [0.05, 0.1) is 12.2 Å². The second-order valence-electron chi connectivity index (χ2n) is 7.06. The molecule has 1 fully saturated rings. The third-order valence-corrected chi connectivity index (χ3v) is 5.07. The first kappa shape index (κ1) is 19.2. The average molecular weight is 371 g/mol. The van der Waals surface area contributed by atoms with Crippen molar-refractivity contribution in [1.29, 1.82) is 0 Å². The van der Waals surface area contributed by atoms with Gasteiger partial charge in [-0.15, -0.1) is 10.2 Å². The van der Waals surface area contributed by atoms with Gasteiger partial charge in [-0.3, -0.25) is 9.69 Å². The highest BCUT2D eigenvalue weighted by Gasteiger charge is 2.22. The number of rotatable bonds is 6. The van der Waals surface area contributed by atoms with Crippen molar-refractivity contribution in [2.24, 2.45) is 5.92 Å². The third-order valence-electron chi connectivity index (χ3n) is 5.07. The van der Waals surface area contributed by atoms with E-state index in [9.17, 15) is 9.18 Å². The van der Waals surface area contributed by atoms with Crippen LogP contribution >= 0.6 is 0 Å². The number of carbonyl (C=O) groups is 1. The molecule has 3 rings (SSSR count). The van der Waals surface area contributed by atoms with Crippen LogP contribution in [0.2, 0.25) is 0 Å². The summed E-state index contributed by atoms with van der Waals surface area (Å²) >= 11 is 0. The van der Waals surface area contributed by atoms with Crippen molar-refractivity contribution in [1.82, 2.24) is 20.4 Å². The molecule has 1 aromatic heterocycles. The van der Waals surface area contributed by atoms with E-state index in [0.29, 0.717) is 12.5 Å². The lowest BCUT2D eigenvalue weighted by atomic mass is 9.96. The van der Waals surface area contributed by atoms with E-state index in [4.69, 9.17) is 0 Å². The maximum absolute atomic E-state index is 13.0. The summed E-state index contributed by atoms with van der Waals surface area (Å²) in [5.41, 5.74) is 1.58. The molecule has 0 atom stereocenters. The fourth-order valence-electron chi connectivity index (χ4n) is 3.39. The van der Waals surface area contributed by atoms with Gasteiger partial charge < -0.3 is 10.2 Å². The van der Waals surface area contributed by atoms with Crippen molar-refractivity contribution in [3.05, 3.63) is 42.2 Å². The summed E-state index contributed by atoms with van der Waals surface area (Å²) in [4.78, 5) is 15.8. The van der Waals surface area contributed by atoms with Crippen LogP contribution in [0.25, 0.3) is 11.3 Å². The maximum Gasteiger partial charge on any atom is 0.233 e. The minimum absolute atomic E-state index is 0.0714. The summed E-state index contributed by atoms with van der Waals surface area (Å²) < 4.78 is 13.0. The molecule has 1 aromatic carbocycles. The van der Waals surface area contributed by atoms with Crippen LogP contribution in [-0.4, -0.2) is 61.3 Å². The van der Waals surface area contributed by atoms with Crippen LogP contribution in [0.15, 0.2) is 36.4 Å². The minimum atomic E-state index is -0.260. The molecule has 1 aliphatic heterocycles. The Labute approximate surface area is 159 Å². The second kappa shape index (κ2) is 8.90. The maximum atomic E-state index is 13.0. The molecular weight excluding hydrogens is 345 g/mol. The quantitative estimate of drug-likeness (QED) is 0.843. The molecule has 2 aromatic rings. The van der Waals surface area contributed by atoms with Crippen molar-refractivity contribution >= 4 is 11.7 Å². The molecule has 1 N–H and O–H groups in total. The lowest BCUT2D eigenvalue weighted by Gasteiger charge is -2.33. The normalized spacial score (nSPS) is 15.5. The number of carbonyl (C=O) groups excluding carboxylic acids is 1. The molecule has 7 heteroatoms. The molecule has 2 heterocycles. The van der Waals surface area contributed by atoms with Crippen LogP contribution < -0.4 is 10.2 Å². The van der Waals surface area contributed by atoms with Gasteiger partial charge in [0.25, 0.3) is 0 Å². The molecule has 0 unspecified atom stereocenters. The van der Waals surface area contributed by atoms with Crippen LogP contribution in [0.5, 0.6) is 0 Å². The molecule has 0 aliphatic carbocycles. The number of likely N-dealkylation sites (tertiary alicyclic amines) is 1. The summed E-state index contributed by atoms with van der Waals surface area (Å²) in [7, 11) is 3.70. The number of likely N-dealkylation sites (N-methyl/N-ethyl adjacent to an activating group) is 1. The number of hydrogen-bond donors (Lipinski definition) is 1. The largest absolute Gasteiger partial charge is 0.358 e. The summed E-state index contributed by atoms with van der Waals surface area (Å²) in [5.74, 6) is 1.22. The lowest BCUT2D eigenvalue weighted by molar-refractivity contribution is -0.122. The lowest BCUT2D eigenvalue weighted by Crippen LogP contribution is -2.42. The van der Waals surface area contributed by atoms with Crippen molar-refractivity contribution < 1.29 is 9.18 Å². The van der Waals surface area contributed by atoms with E-state index in [2.05, 4.69) is 25.3 Å². The SMILES string of the molecule is CNC(=O)CN1CCC(CN(C)c2ccc(-c3ccc(F)cc3)nn2)CC1. The van der Waals surface area contributed by atoms with Gasteiger partial charge in [0.15, 0.2) is 5.82 Å². The summed E-state index contributed by atoms with van der Waals surface area (Å²) in [6.45, 7) is 3.29. The molecular formula is C20H26FN5O. The van der Waals surface area contributed by atoms with Gasteiger partial charge in [0.1, 0.15) is 5.82 Å². The van der Waals surface area contributed by atoms with Gasteiger partial charge in [0.2, 0.25) is 5.91 Å². The summed E-state index contributed by atoms with van der Waals surface area (Å²) in [6.07, 6.45) is 2.14. The van der Waals surface area contributed by atoms with Crippen molar-refractivity contribution in [2.45, 2.75) is 12.8 Å². The molecule has 0 spiro atoms. The van der Waals surface area contributed by atoms with Crippen LogP contribution in [0.4, 0.5) is 10.2 Å². The molecule has 1 amide bonds. The number of nitrogens with zero attached hydrogens (tertiary/aromatic N) is 4. The predicted octanol–water partition coefficient (Wildman–Crippen LogP) is 2.18. The molecule has 6 nitrogen and oxygen atoms in total. The first-order chi connectivity index (χ1) is 13.0. The van der Waals surface area contributed by atoms with E-state index in [0.717, 1.165) is 49.6 Å². The number of nitrogens with one attached hydrogen (secondary N) is 1. The number of hydrogen-bond acceptors (Lipinski definition) is 5. The number of amides is 1. The number of halogens is 1. The zero-order chi connectivity index (χ0) is 19.2. The Balaban J connectivity index is 1.52. The van der Waals surface area contributed by atoms with E-state index < -0.39 is 0 Å². The highest BCUT2D eigenvalue weighted by molar-refractivity contribution is 5.77. The van der Waals surface area contributed by atoms with Crippen LogP contribution in [0.3, 0.4) is 0 Å². The first-order valence-electron chi connectivity index (χ1n) is 9.29. The Hall–Kier alpha value is -2.54. The van der Waals surface area contributed by atoms with Gasteiger partial charge in [-0.05, 0) is 68.2 Å². The molecule has 27 heavy (non-hydrogen) atoms. The van der Waals surface area contributed by atoms with Gasteiger partial charge in [-0.2, -0.15) is 0 Å². The smallest absolute Gasteiger partial charge is 0.233 e. The molecule has 144 valence electrons. The molecule has 1 aliphatic rings. The van der Waals surface area contributed by atoms with Gasteiger partial charge in [-0.25, -0.2) is 4.39 Å². The van der Waals surface area contributed by atoms with Gasteiger partial charge in [0, 0.05) is 26.2 Å². The van der Waals surface area contributed by atoms with E-state index >= 15 is 0 Å². The first-order valence-corrected chi connectivity index (χ1v) is 9.29. The zero-order valence-corrected chi connectivity index (χ0v) is 15.9. The third kappa shape index (κ3) is 5.23. The average Bonchev–Trinajstić information content (AvgIpc) is 2.70. The summed E-state index contributed by atoms with van der Waals surface area (Å²) in [6, 6.07) is 10.1. The molecule has 0 radical (unpaired) electrons. The van der Waals surface area contributed by atoms with E-state index in [1.54, 1.807) is 19.2 Å². The number of anilines is 1. The van der Waals surface area contributed by atoms with E-state index in [-0.39, 0.29) is 11.7 Å². The Kier molecular flexibility index (Phi) is 6.34. The Bertz CT molecular complexity index is 742. The fraction of sp³-hybridized carbons (Fsp3) is 0.450. The topological polar surface area (TPSA) is 61.4 Å². The number of aromatic nitrogens is 2. The van der Waals surface area contributed by atoms with Crippen molar-refractivity contribution in [3.63, 3.8) is 0 Å². The zero-order valence-electron chi connectivity index (χ0n) is 15.9. The van der Waals surface area contributed by atoms with Crippen LogP contribution in [0.1, 0.15) is 12.8 Å². The second-order valence-corrected chi connectivity index (χ2v) is 7.06. The highest BCUT2D eigenvalue weighted by atomic mass is 19.1. The Morgan fingerprint density at radius 2 is 1.89 bits per heavy atom.